The molecule has 2 fully saturated rings. The third kappa shape index (κ3) is 2.99. The number of hydrogen-bond donors (Lipinski definition) is 1. The van der Waals surface area contributed by atoms with Gasteiger partial charge in [0.25, 0.3) is 0 Å². The lowest BCUT2D eigenvalue weighted by Crippen LogP contribution is -2.37. The molecule has 1 saturated carbocycles. The van der Waals surface area contributed by atoms with E-state index in [1.165, 1.54) is 31.4 Å². The SMILES string of the molecule is CC(C)Oc1ccc(C(N)CN2CC3CCC2C3)cc1. The number of nitrogens with zero attached hydrogens (tertiary/aromatic N) is 1. The van der Waals surface area contributed by atoms with Gasteiger partial charge in [0.05, 0.1) is 6.10 Å². The second-order valence-corrected chi connectivity index (χ2v) is 6.63. The molecule has 3 atom stereocenters. The minimum atomic E-state index is 0.113. The van der Waals surface area contributed by atoms with E-state index in [4.69, 9.17) is 10.5 Å². The highest BCUT2D eigenvalue weighted by Crippen LogP contribution is 2.37. The maximum atomic E-state index is 6.38. The maximum Gasteiger partial charge on any atom is 0.119 e. The van der Waals surface area contributed by atoms with E-state index in [1.54, 1.807) is 0 Å². The van der Waals surface area contributed by atoms with E-state index < -0.39 is 0 Å². The molecule has 0 amide bonds. The normalized spacial score (nSPS) is 27.2. The number of fused-ring (bicyclic) bond motifs is 2. The molecule has 1 aromatic carbocycles. The predicted molar refractivity (Wildman–Crippen MR) is 81.8 cm³/mol. The Morgan fingerprint density at radius 3 is 2.55 bits per heavy atom. The fraction of sp³-hybridized carbons (Fsp3) is 0.647. The van der Waals surface area contributed by atoms with E-state index in [1.807, 2.05) is 26.0 Å². The van der Waals surface area contributed by atoms with Gasteiger partial charge in [0, 0.05) is 25.2 Å². The van der Waals surface area contributed by atoms with Crippen LogP contribution in [0.4, 0.5) is 0 Å². The molecule has 1 saturated heterocycles. The molecule has 2 bridgehead atoms. The van der Waals surface area contributed by atoms with Crippen molar-refractivity contribution in [3.63, 3.8) is 0 Å². The number of nitrogens with two attached hydrogens (primary N) is 1. The van der Waals surface area contributed by atoms with Crippen LogP contribution in [-0.4, -0.2) is 30.1 Å². The number of benzene rings is 1. The quantitative estimate of drug-likeness (QED) is 0.897. The molecule has 110 valence electrons. The minimum absolute atomic E-state index is 0.113. The third-order valence-electron chi connectivity index (χ3n) is 4.63. The topological polar surface area (TPSA) is 38.5 Å². The van der Waals surface area contributed by atoms with Crippen molar-refractivity contribution >= 4 is 0 Å². The van der Waals surface area contributed by atoms with Crippen molar-refractivity contribution in [1.29, 1.82) is 0 Å². The van der Waals surface area contributed by atoms with Crippen LogP contribution in [0.3, 0.4) is 0 Å². The number of hydrogen-bond acceptors (Lipinski definition) is 3. The average Bonchev–Trinajstić information content (AvgIpc) is 3.01. The molecular weight excluding hydrogens is 248 g/mol. The van der Waals surface area contributed by atoms with Crippen LogP contribution in [0.5, 0.6) is 5.75 Å². The summed E-state index contributed by atoms with van der Waals surface area (Å²) in [4.78, 5) is 2.59. The van der Waals surface area contributed by atoms with Gasteiger partial charge >= 0.3 is 0 Å². The highest BCUT2D eigenvalue weighted by atomic mass is 16.5. The summed E-state index contributed by atoms with van der Waals surface area (Å²) in [6.45, 7) is 6.34. The lowest BCUT2D eigenvalue weighted by atomic mass is 10.1. The highest BCUT2D eigenvalue weighted by molar-refractivity contribution is 5.29. The van der Waals surface area contributed by atoms with Gasteiger partial charge in [0.2, 0.25) is 0 Å². The molecule has 0 aromatic heterocycles. The zero-order valence-corrected chi connectivity index (χ0v) is 12.6. The molecule has 0 spiro atoms. The summed E-state index contributed by atoms with van der Waals surface area (Å²) in [7, 11) is 0. The lowest BCUT2D eigenvalue weighted by Gasteiger charge is -2.29. The Kier molecular flexibility index (Phi) is 3.99. The number of likely N-dealkylation sites (tertiary alicyclic amines) is 1. The van der Waals surface area contributed by atoms with E-state index in [2.05, 4.69) is 17.0 Å². The van der Waals surface area contributed by atoms with E-state index in [-0.39, 0.29) is 12.1 Å². The van der Waals surface area contributed by atoms with Gasteiger partial charge in [-0.1, -0.05) is 12.1 Å². The second-order valence-electron chi connectivity index (χ2n) is 6.63. The monoisotopic (exact) mass is 274 g/mol. The van der Waals surface area contributed by atoms with Gasteiger partial charge in [0.15, 0.2) is 0 Å². The Bertz CT molecular complexity index is 443. The predicted octanol–water partition coefficient (Wildman–Crippen LogP) is 2.96. The lowest BCUT2D eigenvalue weighted by molar-refractivity contribution is 0.201. The average molecular weight is 274 g/mol. The summed E-state index contributed by atoms with van der Waals surface area (Å²) in [6, 6.07) is 9.20. The summed E-state index contributed by atoms with van der Waals surface area (Å²) in [6.07, 6.45) is 4.42. The van der Waals surface area contributed by atoms with Crippen molar-refractivity contribution in [2.45, 2.75) is 51.3 Å². The van der Waals surface area contributed by atoms with Crippen molar-refractivity contribution in [3.8, 4) is 5.75 Å². The molecule has 1 aromatic rings. The van der Waals surface area contributed by atoms with Crippen molar-refractivity contribution in [2.75, 3.05) is 13.1 Å². The van der Waals surface area contributed by atoms with Crippen LogP contribution >= 0.6 is 0 Å². The molecule has 3 unspecified atom stereocenters. The van der Waals surface area contributed by atoms with Crippen LogP contribution in [-0.2, 0) is 0 Å². The van der Waals surface area contributed by atoms with Crippen LogP contribution in [0.25, 0.3) is 0 Å². The molecule has 0 radical (unpaired) electrons. The van der Waals surface area contributed by atoms with Crippen molar-refractivity contribution in [2.24, 2.45) is 11.7 Å². The Morgan fingerprint density at radius 1 is 1.25 bits per heavy atom. The van der Waals surface area contributed by atoms with E-state index in [9.17, 15) is 0 Å². The van der Waals surface area contributed by atoms with Gasteiger partial charge in [-0.15, -0.1) is 0 Å². The molecule has 1 aliphatic carbocycles. The second kappa shape index (κ2) is 5.74. The molecule has 20 heavy (non-hydrogen) atoms. The Hall–Kier alpha value is -1.06. The number of piperidine rings is 1. The van der Waals surface area contributed by atoms with Gasteiger partial charge in [0.1, 0.15) is 5.75 Å². The van der Waals surface area contributed by atoms with Crippen molar-refractivity contribution in [1.82, 2.24) is 4.90 Å². The smallest absolute Gasteiger partial charge is 0.119 e. The van der Waals surface area contributed by atoms with Gasteiger partial charge in [-0.05, 0) is 56.7 Å². The summed E-state index contributed by atoms with van der Waals surface area (Å²) < 4.78 is 5.67. The molecule has 1 aliphatic heterocycles. The molecule has 1 heterocycles. The molecule has 3 nitrogen and oxygen atoms in total. The Balaban J connectivity index is 1.58. The molecule has 3 rings (SSSR count). The van der Waals surface area contributed by atoms with Crippen molar-refractivity contribution in [3.05, 3.63) is 29.8 Å². The first-order valence-corrected chi connectivity index (χ1v) is 7.88. The molecular formula is C17H26N2O. The fourth-order valence-corrected chi connectivity index (χ4v) is 3.67. The van der Waals surface area contributed by atoms with Crippen LogP contribution in [0.2, 0.25) is 0 Å². The first-order valence-electron chi connectivity index (χ1n) is 7.88. The fourth-order valence-electron chi connectivity index (χ4n) is 3.67. The van der Waals surface area contributed by atoms with E-state index in [0.29, 0.717) is 0 Å². The van der Waals surface area contributed by atoms with Gasteiger partial charge in [-0.2, -0.15) is 0 Å². The van der Waals surface area contributed by atoms with E-state index >= 15 is 0 Å². The van der Waals surface area contributed by atoms with Crippen LogP contribution < -0.4 is 10.5 Å². The number of ether oxygens (including phenoxy) is 1. The van der Waals surface area contributed by atoms with Crippen LogP contribution in [0.1, 0.15) is 44.7 Å². The molecule has 2 N–H and O–H groups in total. The molecule has 3 heteroatoms. The summed E-state index contributed by atoms with van der Waals surface area (Å²) in [5.74, 6) is 1.87. The van der Waals surface area contributed by atoms with Gasteiger partial charge in [-0.3, -0.25) is 4.90 Å². The summed E-state index contributed by atoms with van der Waals surface area (Å²) >= 11 is 0. The van der Waals surface area contributed by atoms with Crippen LogP contribution in [0.15, 0.2) is 24.3 Å². The highest BCUT2D eigenvalue weighted by Gasteiger charge is 2.38. The van der Waals surface area contributed by atoms with Gasteiger partial charge in [-0.25, -0.2) is 0 Å². The number of rotatable bonds is 5. The maximum absolute atomic E-state index is 6.38. The minimum Gasteiger partial charge on any atom is -0.491 e. The zero-order chi connectivity index (χ0) is 14.1. The standard InChI is InChI=1S/C17H26N2O/c1-12(2)20-16-7-4-14(5-8-16)17(18)11-19-10-13-3-6-15(19)9-13/h4-5,7-8,12-13,15,17H,3,6,9-11,18H2,1-2H3. The first-order chi connectivity index (χ1) is 9.61. The van der Waals surface area contributed by atoms with Crippen LogP contribution in [0, 0.1) is 5.92 Å². The summed E-state index contributed by atoms with van der Waals surface area (Å²) in [5.41, 5.74) is 7.59. The Morgan fingerprint density at radius 2 is 2.00 bits per heavy atom. The summed E-state index contributed by atoms with van der Waals surface area (Å²) in [5, 5.41) is 0. The third-order valence-corrected chi connectivity index (χ3v) is 4.63. The molecule has 2 aliphatic rings. The Labute approximate surface area is 122 Å². The van der Waals surface area contributed by atoms with Gasteiger partial charge < -0.3 is 10.5 Å². The zero-order valence-electron chi connectivity index (χ0n) is 12.6. The van der Waals surface area contributed by atoms with Crippen molar-refractivity contribution < 1.29 is 4.74 Å². The van der Waals surface area contributed by atoms with E-state index in [0.717, 1.165) is 24.3 Å². The first kappa shape index (κ1) is 13.9. The largest absolute Gasteiger partial charge is 0.491 e.